The minimum Gasteiger partial charge on any atom is -0.463 e. The number of rotatable bonds is 7. The summed E-state index contributed by atoms with van der Waals surface area (Å²) in [4.78, 5) is 32.5. The summed E-state index contributed by atoms with van der Waals surface area (Å²) >= 11 is 0. The van der Waals surface area contributed by atoms with E-state index in [1.165, 1.54) is 0 Å². The first-order valence-electron chi connectivity index (χ1n) is 5.41. The van der Waals surface area contributed by atoms with Crippen LogP contribution in [0.15, 0.2) is 0 Å². The third-order valence-electron chi connectivity index (χ3n) is 2.02. The highest BCUT2D eigenvalue weighted by atomic mass is 16.6. The van der Waals surface area contributed by atoms with Crippen LogP contribution in [0.4, 0.5) is 0 Å². The third kappa shape index (κ3) is 5.28. The minimum atomic E-state index is -1.47. The number of hydrogen-bond donors (Lipinski definition) is 0. The smallest absolute Gasteiger partial charge is 0.354 e. The zero-order valence-corrected chi connectivity index (χ0v) is 10.2. The molecule has 0 aliphatic carbocycles. The van der Waals surface area contributed by atoms with E-state index >= 15 is 0 Å². The van der Waals surface area contributed by atoms with E-state index in [-0.39, 0.29) is 13.0 Å². The molecule has 2 unspecified atom stereocenters. The number of ether oxygens (including phenoxy) is 2. The fourth-order valence-corrected chi connectivity index (χ4v) is 1.35. The fourth-order valence-electron chi connectivity index (χ4n) is 1.35. The molecule has 0 radical (unpaired) electrons. The highest BCUT2D eigenvalue weighted by molar-refractivity contribution is 5.79. The molecule has 0 bridgehead atoms. The first-order chi connectivity index (χ1) is 7.93. The van der Waals surface area contributed by atoms with Gasteiger partial charge in [0.05, 0.1) is 6.61 Å². The molecule has 0 N–H and O–H groups in total. The van der Waals surface area contributed by atoms with E-state index in [0.29, 0.717) is 6.42 Å². The third-order valence-corrected chi connectivity index (χ3v) is 2.02. The monoisotopic (exact) mass is 247 g/mol. The molecule has 2 atom stereocenters. The number of carbonyl (C=O) groups excluding carboxylic acids is 2. The standard InChI is InChI=1S/C10H17NO6/c1-4-6-8(11(14)15)9(17-7(3)12)10(13)16-5-2/h8-9H,4-6H2,1-3H3. The molecule has 0 aliphatic rings. The quantitative estimate of drug-likeness (QED) is 0.377. The Balaban J connectivity index is 4.90. The van der Waals surface area contributed by atoms with E-state index in [4.69, 9.17) is 0 Å². The molecule has 0 spiro atoms. The molecule has 98 valence electrons. The molecular formula is C10H17NO6. The second-order valence-electron chi connectivity index (χ2n) is 3.42. The predicted molar refractivity (Wildman–Crippen MR) is 57.9 cm³/mol. The number of carbonyl (C=O) groups is 2. The van der Waals surface area contributed by atoms with Gasteiger partial charge in [0.15, 0.2) is 0 Å². The molecule has 0 aromatic rings. The zero-order valence-electron chi connectivity index (χ0n) is 10.2. The average molecular weight is 247 g/mol. The lowest BCUT2D eigenvalue weighted by molar-refractivity contribution is -0.532. The van der Waals surface area contributed by atoms with E-state index < -0.39 is 29.0 Å². The predicted octanol–water partition coefficient (Wildman–Crippen LogP) is 0.927. The second kappa shape index (κ2) is 7.59. The van der Waals surface area contributed by atoms with Crippen LogP contribution in [0.3, 0.4) is 0 Å². The normalized spacial score (nSPS) is 13.6. The summed E-state index contributed by atoms with van der Waals surface area (Å²) in [6.45, 7) is 4.48. The van der Waals surface area contributed by atoms with Crippen LogP contribution in [-0.2, 0) is 19.1 Å². The van der Waals surface area contributed by atoms with Crippen LogP contribution in [0.5, 0.6) is 0 Å². The summed E-state index contributed by atoms with van der Waals surface area (Å²) < 4.78 is 9.35. The fraction of sp³-hybridized carbons (Fsp3) is 0.800. The summed E-state index contributed by atoms with van der Waals surface area (Å²) in [5, 5.41) is 10.8. The summed E-state index contributed by atoms with van der Waals surface area (Å²) in [6, 6.07) is -1.26. The van der Waals surface area contributed by atoms with Gasteiger partial charge in [-0.15, -0.1) is 0 Å². The van der Waals surface area contributed by atoms with Crippen molar-refractivity contribution < 1.29 is 24.0 Å². The van der Waals surface area contributed by atoms with Gasteiger partial charge >= 0.3 is 11.9 Å². The van der Waals surface area contributed by atoms with Crippen LogP contribution in [0.2, 0.25) is 0 Å². The summed E-state index contributed by atoms with van der Waals surface area (Å²) in [6.07, 6.45) is -0.825. The van der Waals surface area contributed by atoms with Crippen LogP contribution in [0.25, 0.3) is 0 Å². The maximum absolute atomic E-state index is 11.5. The van der Waals surface area contributed by atoms with Crippen molar-refractivity contribution in [3.05, 3.63) is 10.1 Å². The lowest BCUT2D eigenvalue weighted by atomic mass is 10.1. The maximum Gasteiger partial charge on any atom is 0.354 e. The van der Waals surface area contributed by atoms with Crippen molar-refractivity contribution in [3.8, 4) is 0 Å². The molecule has 0 aromatic heterocycles. The molecule has 0 amide bonds. The second-order valence-corrected chi connectivity index (χ2v) is 3.42. The number of nitrogens with zero attached hydrogens (tertiary/aromatic N) is 1. The Morgan fingerprint density at radius 3 is 2.29 bits per heavy atom. The summed E-state index contributed by atoms with van der Waals surface area (Å²) in [5.41, 5.74) is 0. The van der Waals surface area contributed by atoms with Crippen molar-refractivity contribution in [1.82, 2.24) is 0 Å². The molecule has 0 rings (SSSR count). The largest absolute Gasteiger partial charge is 0.463 e. The van der Waals surface area contributed by atoms with Crippen molar-refractivity contribution >= 4 is 11.9 Å². The Labute approximate surface area is 99.2 Å². The zero-order chi connectivity index (χ0) is 13.4. The average Bonchev–Trinajstić information content (AvgIpc) is 2.22. The summed E-state index contributed by atoms with van der Waals surface area (Å²) in [7, 11) is 0. The Morgan fingerprint density at radius 1 is 1.35 bits per heavy atom. The first-order valence-corrected chi connectivity index (χ1v) is 5.41. The highest BCUT2D eigenvalue weighted by Crippen LogP contribution is 2.12. The van der Waals surface area contributed by atoms with Gasteiger partial charge in [-0.05, 0) is 13.3 Å². The lowest BCUT2D eigenvalue weighted by Gasteiger charge is -2.18. The van der Waals surface area contributed by atoms with Gasteiger partial charge in [-0.1, -0.05) is 6.92 Å². The highest BCUT2D eigenvalue weighted by Gasteiger charge is 2.40. The van der Waals surface area contributed by atoms with Gasteiger partial charge in [0, 0.05) is 18.3 Å². The molecule has 0 saturated carbocycles. The molecule has 17 heavy (non-hydrogen) atoms. The summed E-state index contributed by atoms with van der Waals surface area (Å²) in [5.74, 6) is -1.62. The molecule has 0 heterocycles. The topological polar surface area (TPSA) is 95.7 Å². The Kier molecular flexibility index (Phi) is 6.85. The van der Waals surface area contributed by atoms with Crippen molar-refractivity contribution in [2.75, 3.05) is 6.61 Å². The van der Waals surface area contributed by atoms with Crippen LogP contribution in [0, 0.1) is 10.1 Å². The molecule has 0 saturated heterocycles. The van der Waals surface area contributed by atoms with E-state index in [1.807, 2.05) is 0 Å². The molecule has 0 fully saturated rings. The van der Waals surface area contributed by atoms with Crippen LogP contribution in [-0.4, -0.2) is 35.6 Å². The minimum absolute atomic E-state index is 0.0765. The van der Waals surface area contributed by atoms with Crippen molar-refractivity contribution in [2.45, 2.75) is 45.8 Å². The van der Waals surface area contributed by atoms with Crippen molar-refractivity contribution in [3.63, 3.8) is 0 Å². The van der Waals surface area contributed by atoms with Gasteiger partial charge in [0.2, 0.25) is 0 Å². The van der Waals surface area contributed by atoms with E-state index in [2.05, 4.69) is 9.47 Å². The Bertz CT molecular complexity index is 291. The van der Waals surface area contributed by atoms with Crippen LogP contribution in [0.1, 0.15) is 33.6 Å². The lowest BCUT2D eigenvalue weighted by Crippen LogP contribution is -2.43. The molecule has 0 aliphatic heterocycles. The molecule has 0 aromatic carbocycles. The molecule has 7 nitrogen and oxygen atoms in total. The van der Waals surface area contributed by atoms with Gasteiger partial charge in [-0.2, -0.15) is 0 Å². The van der Waals surface area contributed by atoms with Crippen molar-refractivity contribution in [1.29, 1.82) is 0 Å². The van der Waals surface area contributed by atoms with Gasteiger partial charge in [0.25, 0.3) is 12.1 Å². The van der Waals surface area contributed by atoms with Gasteiger partial charge < -0.3 is 9.47 Å². The van der Waals surface area contributed by atoms with Gasteiger partial charge in [-0.25, -0.2) is 4.79 Å². The number of hydrogen-bond acceptors (Lipinski definition) is 6. The molecule has 7 heteroatoms. The van der Waals surface area contributed by atoms with Crippen LogP contribution < -0.4 is 0 Å². The molecular weight excluding hydrogens is 230 g/mol. The first kappa shape index (κ1) is 15.3. The van der Waals surface area contributed by atoms with E-state index in [1.54, 1.807) is 13.8 Å². The van der Waals surface area contributed by atoms with Crippen molar-refractivity contribution in [2.24, 2.45) is 0 Å². The van der Waals surface area contributed by atoms with Gasteiger partial charge in [-0.3, -0.25) is 14.9 Å². The Morgan fingerprint density at radius 2 is 1.94 bits per heavy atom. The number of esters is 2. The SMILES string of the molecule is CCCC(C(OC(C)=O)C(=O)OCC)[N+](=O)[O-]. The number of nitro groups is 1. The van der Waals surface area contributed by atoms with Crippen LogP contribution >= 0.6 is 0 Å². The Hall–Kier alpha value is -1.66. The van der Waals surface area contributed by atoms with Gasteiger partial charge in [0.1, 0.15) is 0 Å². The van der Waals surface area contributed by atoms with E-state index in [0.717, 1.165) is 6.92 Å². The van der Waals surface area contributed by atoms with E-state index in [9.17, 15) is 19.7 Å². The maximum atomic E-state index is 11.5.